The molecule has 0 amide bonds. The molecule has 1 saturated heterocycles. The molecule has 7 nitrogen and oxygen atoms in total. The number of fused-ring (bicyclic) bond motifs is 1. The zero-order valence-corrected chi connectivity index (χ0v) is 12.9. The number of aryl methyl sites for hydroxylation is 1. The molecule has 7 heteroatoms. The van der Waals surface area contributed by atoms with Gasteiger partial charge in [-0.05, 0) is 20.3 Å². The van der Waals surface area contributed by atoms with Gasteiger partial charge in [0.15, 0.2) is 5.65 Å². The normalized spacial score (nSPS) is 21.9. The first kappa shape index (κ1) is 14.1. The molecule has 1 fully saturated rings. The van der Waals surface area contributed by atoms with Crippen LogP contribution < -0.4 is 10.5 Å². The summed E-state index contributed by atoms with van der Waals surface area (Å²) in [4.78, 5) is 21.8. The Hall–Kier alpha value is -1.89. The minimum absolute atomic E-state index is 0.151. The van der Waals surface area contributed by atoms with E-state index in [4.69, 9.17) is 4.74 Å². The highest BCUT2D eigenvalue weighted by Gasteiger charge is 2.34. The molecule has 3 heterocycles. The molecular formula is C14H21N5O2. The number of H-pyrrole nitrogens is 1. The van der Waals surface area contributed by atoms with Gasteiger partial charge < -0.3 is 9.64 Å². The zero-order chi connectivity index (χ0) is 15.2. The fraction of sp³-hybridized carbons (Fsp3) is 0.643. The highest BCUT2D eigenvalue weighted by atomic mass is 16.5. The summed E-state index contributed by atoms with van der Waals surface area (Å²) in [5.41, 5.74) is 0.196. The maximum absolute atomic E-state index is 12.2. The summed E-state index contributed by atoms with van der Waals surface area (Å²) < 4.78 is 7.49. The Bertz CT molecular complexity index is 718. The summed E-state index contributed by atoms with van der Waals surface area (Å²) in [6, 6.07) is 0.215. The van der Waals surface area contributed by atoms with Crippen LogP contribution in [0.4, 0.5) is 5.95 Å². The lowest BCUT2D eigenvalue weighted by Crippen LogP contribution is -2.54. The van der Waals surface area contributed by atoms with Crippen LogP contribution in [0.3, 0.4) is 0 Å². The van der Waals surface area contributed by atoms with E-state index < -0.39 is 0 Å². The zero-order valence-electron chi connectivity index (χ0n) is 12.9. The van der Waals surface area contributed by atoms with E-state index in [-0.39, 0.29) is 17.2 Å². The quantitative estimate of drug-likeness (QED) is 0.895. The predicted octanol–water partition coefficient (Wildman–Crippen LogP) is 1.05. The number of aromatic amines is 1. The smallest absolute Gasteiger partial charge is 0.263 e. The van der Waals surface area contributed by atoms with Crippen molar-refractivity contribution in [3.05, 3.63) is 16.6 Å². The minimum Gasteiger partial charge on any atom is -0.372 e. The van der Waals surface area contributed by atoms with Gasteiger partial charge in [-0.1, -0.05) is 6.92 Å². The number of aromatic nitrogens is 4. The first-order valence-corrected chi connectivity index (χ1v) is 7.24. The Kier molecular flexibility index (Phi) is 3.24. The van der Waals surface area contributed by atoms with Crippen LogP contribution in [-0.2, 0) is 11.8 Å². The molecule has 0 saturated carbocycles. The van der Waals surface area contributed by atoms with Crippen LogP contribution in [-0.4, -0.2) is 44.5 Å². The fourth-order valence-electron chi connectivity index (χ4n) is 2.74. The number of ether oxygens (including phenoxy) is 1. The van der Waals surface area contributed by atoms with Crippen LogP contribution >= 0.6 is 0 Å². The van der Waals surface area contributed by atoms with E-state index in [2.05, 4.69) is 26.9 Å². The molecule has 1 unspecified atom stereocenters. The van der Waals surface area contributed by atoms with Crippen LogP contribution in [0, 0.1) is 0 Å². The highest BCUT2D eigenvalue weighted by molar-refractivity contribution is 5.74. The van der Waals surface area contributed by atoms with Gasteiger partial charge in [-0.15, -0.1) is 0 Å². The number of hydrogen-bond acceptors (Lipinski definition) is 5. The van der Waals surface area contributed by atoms with Crippen molar-refractivity contribution in [2.45, 2.75) is 38.8 Å². The average molecular weight is 291 g/mol. The predicted molar refractivity (Wildman–Crippen MR) is 80.6 cm³/mol. The summed E-state index contributed by atoms with van der Waals surface area (Å²) in [5, 5.41) is 4.62. The molecule has 0 aliphatic carbocycles. The molecule has 0 radical (unpaired) electrons. The molecule has 3 rings (SSSR count). The first-order chi connectivity index (χ1) is 9.91. The maximum Gasteiger partial charge on any atom is 0.263 e. The summed E-state index contributed by atoms with van der Waals surface area (Å²) in [6.45, 7) is 7.54. The number of hydrogen-bond donors (Lipinski definition) is 1. The van der Waals surface area contributed by atoms with Crippen LogP contribution in [0.2, 0.25) is 0 Å². The highest BCUT2D eigenvalue weighted by Crippen LogP contribution is 2.25. The average Bonchev–Trinajstić information content (AvgIpc) is 2.80. The Balaban J connectivity index is 2.09. The molecule has 0 bridgehead atoms. The maximum atomic E-state index is 12.2. The lowest BCUT2D eigenvalue weighted by molar-refractivity contribution is -0.0457. The van der Waals surface area contributed by atoms with E-state index in [1.807, 2.05) is 13.8 Å². The SMILES string of the molecule is CCC1COC(C)(C)CN1c1nc2c(cnn2C)c(=O)[nH]1. The molecule has 1 aliphatic rings. The van der Waals surface area contributed by atoms with Crippen molar-refractivity contribution in [2.24, 2.45) is 7.05 Å². The summed E-state index contributed by atoms with van der Waals surface area (Å²) in [7, 11) is 1.79. The van der Waals surface area contributed by atoms with Crippen molar-refractivity contribution in [2.75, 3.05) is 18.1 Å². The molecule has 1 aliphatic heterocycles. The molecule has 2 aromatic heterocycles. The number of nitrogens with one attached hydrogen (secondary N) is 1. The molecule has 1 atom stereocenters. The topological polar surface area (TPSA) is 76.0 Å². The van der Waals surface area contributed by atoms with Gasteiger partial charge in [-0.25, -0.2) is 0 Å². The first-order valence-electron chi connectivity index (χ1n) is 7.24. The fourth-order valence-corrected chi connectivity index (χ4v) is 2.74. The standard InChI is InChI=1S/C14H21N5O2/c1-5-9-7-21-14(2,3)8-19(9)13-16-11-10(12(20)17-13)6-15-18(11)4/h6,9H,5,7-8H2,1-4H3,(H,16,17,20). The summed E-state index contributed by atoms with van der Waals surface area (Å²) >= 11 is 0. The van der Waals surface area contributed by atoms with E-state index in [1.165, 1.54) is 0 Å². The van der Waals surface area contributed by atoms with Gasteiger partial charge in [-0.2, -0.15) is 10.1 Å². The van der Waals surface area contributed by atoms with Crippen LogP contribution in [0.25, 0.3) is 11.0 Å². The third kappa shape index (κ3) is 2.42. The number of rotatable bonds is 2. The Morgan fingerprint density at radius 2 is 2.29 bits per heavy atom. The van der Waals surface area contributed by atoms with Gasteiger partial charge >= 0.3 is 0 Å². The summed E-state index contributed by atoms with van der Waals surface area (Å²) in [5.74, 6) is 0.597. The monoisotopic (exact) mass is 291 g/mol. The number of nitrogens with zero attached hydrogens (tertiary/aromatic N) is 4. The number of anilines is 1. The Morgan fingerprint density at radius 3 is 3.00 bits per heavy atom. The van der Waals surface area contributed by atoms with E-state index in [0.29, 0.717) is 30.1 Å². The molecule has 1 N–H and O–H groups in total. The third-order valence-corrected chi connectivity index (χ3v) is 3.99. The second-order valence-corrected chi connectivity index (χ2v) is 6.16. The third-order valence-electron chi connectivity index (χ3n) is 3.99. The molecule has 0 aromatic carbocycles. The molecule has 0 spiro atoms. The van der Waals surface area contributed by atoms with Gasteiger partial charge in [-0.3, -0.25) is 14.5 Å². The van der Waals surface area contributed by atoms with E-state index in [0.717, 1.165) is 6.42 Å². The Morgan fingerprint density at radius 1 is 1.52 bits per heavy atom. The van der Waals surface area contributed by atoms with Crippen LogP contribution in [0.5, 0.6) is 0 Å². The second-order valence-electron chi connectivity index (χ2n) is 6.16. The van der Waals surface area contributed by atoms with Crippen molar-refractivity contribution in [3.8, 4) is 0 Å². The van der Waals surface area contributed by atoms with Gasteiger partial charge in [0.25, 0.3) is 5.56 Å². The van der Waals surface area contributed by atoms with Crippen molar-refractivity contribution >= 4 is 17.0 Å². The van der Waals surface area contributed by atoms with Crippen LogP contribution in [0.1, 0.15) is 27.2 Å². The van der Waals surface area contributed by atoms with E-state index in [9.17, 15) is 4.79 Å². The van der Waals surface area contributed by atoms with Gasteiger partial charge in [0.05, 0.1) is 24.4 Å². The number of morpholine rings is 1. The van der Waals surface area contributed by atoms with E-state index >= 15 is 0 Å². The molecule has 2 aromatic rings. The lowest BCUT2D eigenvalue weighted by Gasteiger charge is -2.43. The lowest BCUT2D eigenvalue weighted by atomic mass is 10.0. The molecule has 114 valence electrons. The minimum atomic E-state index is -0.258. The van der Waals surface area contributed by atoms with Crippen molar-refractivity contribution < 1.29 is 4.74 Å². The van der Waals surface area contributed by atoms with E-state index in [1.54, 1.807) is 17.9 Å². The largest absolute Gasteiger partial charge is 0.372 e. The van der Waals surface area contributed by atoms with Crippen LogP contribution in [0.15, 0.2) is 11.0 Å². The second kappa shape index (κ2) is 4.84. The van der Waals surface area contributed by atoms with Crippen molar-refractivity contribution in [1.29, 1.82) is 0 Å². The van der Waals surface area contributed by atoms with Gasteiger partial charge in [0.2, 0.25) is 5.95 Å². The molecule has 21 heavy (non-hydrogen) atoms. The molecular weight excluding hydrogens is 270 g/mol. The van der Waals surface area contributed by atoms with Gasteiger partial charge in [0, 0.05) is 13.6 Å². The van der Waals surface area contributed by atoms with Crippen molar-refractivity contribution in [1.82, 2.24) is 19.7 Å². The van der Waals surface area contributed by atoms with Gasteiger partial charge in [0.1, 0.15) is 5.39 Å². The van der Waals surface area contributed by atoms with Crippen molar-refractivity contribution in [3.63, 3.8) is 0 Å². The summed E-state index contributed by atoms with van der Waals surface area (Å²) in [6.07, 6.45) is 2.48. The Labute approximate surface area is 122 Å².